The standard InChI is InChI=1S/C41H28N4/c1-3-14-29(15-4-1)41(30-16-5-2-6-17-30)33-20-9-12-23-37(33)45(38-28-42-27-26-34(38)41)40-25-13-24-39(43-40)44-35-21-10-7-18-31(35)32-19-8-11-22-36(32)44/h1-28H. The molecule has 0 amide bonds. The maximum Gasteiger partial charge on any atom is 0.140 e. The first-order valence-corrected chi connectivity index (χ1v) is 15.3. The minimum atomic E-state index is -0.543. The highest BCUT2D eigenvalue weighted by Crippen LogP contribution is 2.57. The van der Waals surface area contributed by atoms with Gasteiger partial charge in [0.1, 0.15) is 11.6 Å². The van der Waals surface area contributed by atoms with Crippen LogP contribution < -0.4 is 4.90 Å². The van der Waals surface area contributed by atoms with Crippen molar-refractivity contribution < 1.29 is 0 Å². The van der Waals surface area contributed by atoms with Crippen LogP contribution in [0.1, 0.15) is 22.3 Å². The highest BCUT2D eigenvalue weighted by Gasteiger charge is 2.46. The molecule has 3 aromatic heterocycles. The molecule has 0 radical (unpaired) electrons. The van der Waals surface area contributed by atoms with Gasteiger partial charge in [-0.05, 0) is 58.7 Å². The molecule has 212 valence electrons. The van der Waals surface area contributed by atoms with Crippen LogP contribution in [0.2, 0.25) is 0 Å². The van der Waals surface area contributed by atoms with Crippen LogP contribution in [0.3, 0.4) is 0 Å². The number of hydrogen-bond donors (Lipinski definition) is 0. The Balaban J connectivity index is 1.33. The average molecular weight is 577 g/mol. The van der Waals surface area contributed by atoms with Crippen molar-refractivity contribution in [1.82, 2.24) is 14.5 Å². The predicted octanol–water partition coefficient (Wildman–Crippen LogP) is 9.74. The summed E-state index contributed by atoms with van der Waals surface area (Å²) in [7, 11) is 0. The van der Waals surface area contributed by atoms with Gasteiger partial charge in [-0.2, -0.15) is 0 Å². The summed E-state index contributed by atoms with van der Waals surface area (Å²) in [6.45, 7) is 0. The lowest BCUT2D eigenvalue weighted by atomic mass is 9.63. The van der Waals surface area contributed by atoms with Crippen molar-refractivity contribution in [2.75, 3.05) is 4.90 Å². The Bertz CT molecular complexity index is 2200. The Hall–Kier alpha value is -6.00. The Morgan fingerprint density at radius 2 is 1.00 bits per heavy atom. The Kier molecular flexibility index (Phi) is 5.69. The van der Waals surface area contributed by atoms with Crippen molar-refractivity contribution >= 4 is 39.0 Å². The van der Waals surface area contributed by atoms with Crippen LogP contribution in [0.4, 0.5) is 17.2 Å². The lowest BCUT2D eigenvalue weighted by molar-refractivity contribution is 0.727. The second-order valence-electron chi connectivity index (χ2n) is 11.5. The zero-order valence-electron chi connectivity index (χ0n) is 24.5. The smallest absolute Gasteiger partial charge is 0.140 e. The Morgan fingerprint density at radius 1 is 0.444 bits per heavy atom. The van der Waals surface area contributed by atoms with E-state index in [1.165, 1.54) is 27.5 Å². The third-order valence-corrected chi connectivity index (χ3v) is 9.17. The molecule has 4 nitrogen and oxygen atoms in total. The lowest BCUT2D eigenvalue weighted by Gasteiger charge is -2.45. The van der Waals surface area contributed by atoms with Gasteiger partial charge < -0.3 is 0 Å². The fraction of sp³-hybridized carbons (Fsp3) is 0.0244. The molecule has 0 saturated carbocycles. The first-order valence-electron chi connectivity index (χ1n) is 15.3. The Labute approximate surface area is 261 Å². The van der Waals surface area contributed by atoms with Gasteiger partial charge in [-0.3, -0.25) is 14.5 Å². The first-order chi connectivity index (χ1) is 22.4. The van der Waals surface area contributed by atoms with E-state index in [1.807, 2.05) is 12.4 Å². The van der Waals surface area contributed by atoms with Gasteiger partial charge in [0, 0.05) is 17.0 Å². The van der Waals surface area contributed by atoms with Crippen molar-refractivity contribution in [1.29, 1.82) is 0 Å². The van der Waals surface area contributed by atoms with Gasteiger partial charge in [0.2, 0.25) is 0 Å². The molecule has 0 aliphatic carbocycles. The fourth-order valence-corrected chi connectivity index (χ4v) is 7.38. The quantitative estimate of drug-likeness (QED) is 0.209. The number of aromatic nitrogens is 3. The minimum absolute atomic E-state index is 0.543. The molecule has 1 aliphatic rings. The van der Waals surface area contributed by atoms with Crippen molar-refractivity contribution in [2.45, 2.75) is 5.41 Å². The number of fused-ring (bicyclic) bond motifs is 5. The Morgan fingerprint density at radius 3 is 1.69 bits per heavy atom. The summed E-state index contributed by atoms with van der Waals surface area (Å²) < 4.78 is 2.27. The molecule has 0 N–H and O–H groups in total. The molecule has 8 aromatic rings. The number of hydrogen-bond acceptors (Lipinski definition) is 3. The van der Waals surface area contributed by atoms with Crippen molar-refractivity contribution in [3.63, 3.8) is 0 Å². The van der Waals surface area contributed by atoms with Crippen molar-refractivity contribution in [3.8, 4) is 5.82 Å². The molecule has 4 heterocycles. The van der Waals surface area contributed by atoms with E-state index >= 15 is 0 Å². The second-order valence-corrected chi connectivity index (χ2v) is 11.5. The third kappa shape index (κ3) is 3.66. The van der Waals surface area contributed by atoms with E-state index < -0.39 is 5.41 Å². The molecule has 0 unspecified atom stereocenters. The van der Waals surface area contributed by atoms with Gasteiger partial charge in [0.05, 0.1) is 34.0 Å². The molecule has 5 aromatic carbocycles. The van der Waals surface area contributed by atoms with Gasteiger partial charge in [-0.1, -0.05) is 121 Å². The van der Waals surface area contributed by atoms with Gasteiger partial charge in [-0.15, -0.1) is 0 Å². The van der Waals surface area contributed by atoms with Crippen LogP contribution in [0.15, 0.2) is 170 Å². The monoisotopic (exact) mass is 576 g/mol. The van der Waals surface area contributed by atoms with Gasteiger partial charge >= 0.3 is 0 Å². The molecule has 4 heteroatoms. The SMILES string of the molecule is c1ccc(C2(c3ccccc3)c3ccccc3N(c3cccc(-n4c5ccccc5c5ccccc54)n3)c3cnccc32)cc1. The number of para-hydroxylation sites is 3. The maximum absolute atomic E-state index is 5.39. The average Bonchev–Trinajstić information content (AvgIpc) is 3.46. The van der Waals surface area contributed by atoms with Crippen molar-refractivity contribution in [3.05, 3.63) is 192 Å². The van der Waals surface area contributed by atoms with E-state index in [9.17, 15) is 0 Å². The summed E-state index contributed by atoms with van der Waals surface area (Å²) in [5.41, 5.74) is 8.60. The lowest BCUT2D eigenvalue weighted by Crippen LogP contribution is -2.38. The van der Waals surface area contributed by atoms with E-state index in [0.717, 1.165) is 39.6 Å². The maximum atomic E-state index is 5.39. The van der Waals surface area contributed by atoms with E-state index in [1.54, 1.807) is 0 Å². The van der Waals surface area contributed by atoms with Crippen LogP contribution in [-0.2, 0) is 5.41 Å². The normalized spacial score (nSPS) is 13.5. The molecule has 0 spiro atoms. The highest BCUT2D eigenvalue weighted by molar-refractivity contribution is 6.09. The second kappa shape index (κ2) is 10.0. The summed E-state index contributed by atoms with van der Waals surface area (Å²) >= 11 is 0. The van der Waals surface area contributed by atoms with Crippen LogP contribution in [0.5, 0.6) is 0 Å². The molecule has 0 saturated heterocycles. The molecule has 0 bridgehead atoms. The predicted molar refractivity (Wildman–Crippen MR) is 183 cm³/mol. The minimum Gasteiger partial charge on any atom is -0.294 e. The topological polar surface area (TPSA) is 34.0 Å². The summed E-state index contributed by atoms with van der Waals surface area (Å²) in [5.74, 6) is 1.71. The molecular weight excluding hydrogens is 548 g/mol. The van der Waals surface area contributed by atoms with E-state index in [0.29, 0.717) is 0 Å². The molecule has 0 atom stereocenters. The molecule has 1 aliphatic heterocycles. The zero-order valence-corrected chi connectivity index (χ0v) is 24.5. The zero-order chi connectivity index (χ0) is 29.8. The number of nitrogens with zero attached hydrogens (tertiary/aromatic N) is 4. The third-order valence-electron chi connectivity index (χ3n) is 9.17. The molecular formula is C41H28N4. The molecule has 0 fully saturated rings. The largest absolute Gasteiger partial charge is 0.294 e. The van der Waals surface area contributed by atoms with E-state index in [4.69, 9.17) is 4.98 Å². The van der Waals surface area contributed by atoms with Crippen LogP contribution in [-0.4, -0.2) is 14.5 Å². The van der Waals surface area contributed by atoms with Gasteiger partial charge in [0.15, 0.2) is 0 Å². The van der Waals surface area contributed by atoms with Crippen LogP contribution >= 0.6 is 0 Å². The summed E-state index contributed by atoms with van der Waals surface area (Å²) in [6.07, 6.45) is 3.90. The fourth-order valence-electron chi connectivity index (χ4n) is 7.38. The molecule has 45 heavy (non-hydrogen) atoms. The van der Waals surface area contributed by atoms with Gasteiger partial charge in [0.25, 0.3) is 0 Å². The summed E-state index contributed by atoms with van der Waals surface area (Å²) in [4.78, 5) is 12.3. The summed E-state index contributed by atoms with van der Waals surface area (Å²) in [5, 5.41) is 2.43. The molecule has 9 rings (SSSR count). The highest BCUT2D eigenvalue weighted by atomic mass is 15.2. The number of rotatable bonds is 4. The first kappa shape index (κ1) is 25.5. The van der Waals surface area contributed by atoms with Crippen LogP contribution in [0, 0.1) is 0 Å². The van der Waals surface area contributed by atoms with Crippen LogP contribution in [0.25, 0.3) is 27.6 Å². The van der Waals surface area contributed by atoms with E-state index in [-0.39, 0.29) is 0 Å². The number of anilines is 3. The van der Waals surface area contributed by atoms with Crippen molar-refractivity contribution in [2.24, 2.45) is 0 Å². The van der Waals surface area contributed by atoms with Gasteiger partial charge in [-0.25, -0.2) is 4.98 Å². The number of pyridine rings is 2. The van der Waals surface area contributed by atoms with E-state index in [2.05, 4.69) is 172 Å². The number of benzene rings is 5. The summed E-state index contributed by atoms with van der Waals surface area (Å²) in [6, 6.07) is 56.0.